The molecule has 1 rings (SSSR count). The summed E-state index contributed by atoms with van der Waals surface area (Å²) >= 11 is 4.36. The fraction of sp³-hybridized carbons (Fsp3) is 0. The Bertz CT molecular complexity index is 145. The zero-order chi connectivity index (χ0) is 5.11. The lowest BCUT2D eigenvalue weighted by molar-refractivity contribution is 0.911. The van der Waals surface area contributed by atoms with Crippen molar-refractivity contribution in [1.82, 2.24) is 4.68 Å². The molecule has 7 heavy (non-hydrogen) atoms. The first-order chi connectivity index (χ1) is 3.43. The van der Waals surface area contributed by atoms with Crippen LogP contribution in [0.15, 0.2) is 29.0 Å². The van der Waals surface area contributed by atoms with Gasteiger partial charge in [-0.25, -0.2) is 4.68 Å². The van der Waals surface area contributed by atoms with Gasteiger partial charge in [-0.05, 0) is 12.1 Å². The van der Waals surface area contributed by atoms with E-state index in [-0.39, 0.29) is 0 Å². The molecule has 36 valence electrons. The van der Waals surface area contributed by atoms with Crippen molar-refractivity contribution in [2.24, 2.45) is 4.47 Å². The summed E-state index contributed by atoms with van der Waals surface area (Å²) in [5, 5.41) is 0. The highest BCUT2D eigenvalue weighted by molar-refractivity contribution is 7.47. The summed E-state index contributed by atoms with van der Waals surface area (Å²) in [5.74, 6) is 0. The van der Waals surface area contributed by atoms with Crippen LogP contribution in [0.1, 0.15) is 0 Å². The van der Waals surface area contributed by atoms with Crippen LogP contribution in [-0.2, 0) is 12.4 Å². The number of nitrogens with zero attached hydrogens (tertiary/aromatic N) is 2. The third kappa shape index (κ3) is 0.838. The molecular formula is C4H4N2S. The monoisotopic (exact) mass is 112 g/mol. The lowest BCUT2D eigenvalue weighted by Crippen LogP contribution is -1.74. The van der Waals surface area contributed by atoms with E-state index in [0.29, 0.717) is 0 Å². The van der Waals surface area contributed by atoms with E-state index in [9.17, 15) is 0 Å². The van der Waals surface area contributed by atoms with E-state index in [1.54, 1.807) is 17.1 Å². The van der Waals surface area contributed by atoms with Crippen LogP contribution in [0.25, 0.3) is 0 Å². The quantitative estimate of drug-likeness (QED) is 0.529. The van der Waals surface area contributed by atoms with E-state index in [1.807, 2.05) is 12.1 Å². The standard InChI is InChI=1S/C4H4N2S/c7-5-6-3-1-2-4-6/h1-4H. The van der Waals surface area contributed by atoms with Crippen LogP contribution >= 0.6 is 0 Å². The molecule has 0 unspecified atom stereocenters. The van der Waals surface area contributed by atoms with Gasteiger partial charge in [0.1, 0.15) is 0 Å². The fourth-order valence-electron chi connectivity index (χ4n) is 0.380. The number of aromatic nitrogens is 1. The second-order valence-corrected chi connectivity index (χ2v) is 1.31. The van der Waals surface area contributed by atoms with Gasteiger partial charge in [0.15, 0.2) is 0 Å². The van der Waals surface area contributed by atoms with Gasteiger partial charge in [0.25, 0.3) is 0 Å². The van der Waals surface area contributed by atoms with Crippen molar-refractivity contribution >= 4 is 12.4 Å². The molecule has 0 aliphatic rings. The molecule has 0 bridgehead atoms. The van der Waals surface area contributed by atoms with Gasteiger partial charge in [0, 0.05) is 12.4 Å². The van der Waals surface area contributed by atoms with Gasteiger partial charge in [0.2, 0.25) is 0 Å². The zero-order valence-electron chi connectivity index (χ0n) is 3.61. The van der Waals surface area contributed by atoms with Crippen LogP contribution in [0.3, 0.4) is 0 Å². The first-order valence-electron chi connectivity index (χ1n) is 1.90. The Balaban J connectivity index is 2.96. The molecule has 1 aromatic heterocycles. The number of hydrogen-bond acceptors (Lipinski definition) is 2. The molecular weight excluding hydrogens is 108 g/mol. The largest absolute Gasteiger partial charge is 0.237 e. The van der Waals surface area contributed by atoms with Crippen LogP contribution in [0.5, 0.6) is 0 Å². The summed E-state index contributed by atoms with van der Waals surface area (Å²) in [5.41, 5.74) is 0. The first kappa shape index (κ1) is 4.46. The van der Waals surface area contributed by atoms with E-state index in [0.717, 1.165) is 0 Å². The van der Waals surface area contributed by atoms with Crippen molar-refractivity contribution < 1.29 is 0 Å². The minimum absolute atomic E-state index is 1.56. The van der Waals surface area contributed by atoms with Gasteiger partial charge in [-0.3, -0.25) is 0 Å². The normalized spacial score (nSPS) is 8.57. The summed E-state index contributed by atoms with van der Waals surface area (Å²) in [7, 11) is 0. The van der Waals surface area contributed by atoms with Crippen molar-refractivity contribution in [3.63, 3.8) is 0 Å². The highest BCUT2D eigenvalue weighted by Crippen LogP contribution is 1.85. The second kappa shape index (κ2) is 1.84. The molecule has 0 atom stereocenters. The summed E-state index contributed by atoms with van der Waals surface area (Å²) in [4.78, 5) is 0. The molecule has 0 radical (unpaired) electrons. The molecule has 0 fully saturated rings. The Kier molecular flexibility index (Phi) is 1.17. The molecule has 0 N–H and O–H groups in total. The van der Waals surface area contributed by atoms with Gasteiger partial charge < -0.3 is 0 Å². The van der Waals surface area contributed by atoms with E-state index >= 15 is 0 Å². The molecule has 1 aromatic rings. The average Bonchev–Trinajstić information content (AvgIpc) is 2.14. The Morgan fingerprint density at radius 1 is 1.29 bits per heavy atom. The minimum atomic E-state index is 1.56. The molecule has 0 saturated carbocycles. The van der Waals surface area contributed by atoms with Crippen LogP contribution in [-0.4, -0.2) is 4.68 Å². The molecule has 2 nitrogen and oxygen atoms in total. The van der Waals surface area contributed by atoms with Crippen molar-refractivity contribution in [2.75, 3.05) is 0 Å². The van der Waals surface area contributed by atoms with Gasteiger partial charge in [-0.15, -0.1) is 0 Å². The van der Waals surface area contributed by atoms with Crippen molar-refractivity contribution in [2.45, 2.75) is 0 Å². The van der Waals surface area contributed by atoms with Gasteiger partial charge in [-0.1, -0.05) is 4.47 Å². The highest BCUT2D eigenvalue weighted by atomic mass is 32.1. The predicted molar refractivity (Wildman–Crippen MR) is 29.6 cm³/mol. The molecule has 0 spiro atoms. The van der Waals surface area contributed by atoms with Crippen LogP contribution in [0.4, 0.5) is 0 Å². The Hall–Kier alpha value is -0.700. The Morgan fingerprint density at radius 2 is 1.86 bits per heavy atom. The van der Waals surface area contributed by atoms with Gasteiger partial charge >= 0.3 is 0 Å². The third-order valence-electron chi connectivity index (χ3n) is 0.683. The summed E-state index contributed by atoms with van der Waals surface area (Å²) < 4.78 is 5.00. The third-order valence-corrected chi connectivity index (χ3v) is 0.872. The Morgan fingerprint density at radius 3 is 2.14 bits per heavy atom. The number of rotatable bonds is 1. The Labute approximate surface area is 46.9 Å². The maximum absolute atomic E-state index is 4.36. The fourth-order valence-corrected chi connectivity index (χ4v) is 0.489. The SMILES string of the molecule is S=Nn1cccc1. The summed E-state index contributed by atoms with van der Waals surface area (Å²) in [6, 6.07) is 3.74. The van der Waals surface area contributed by atoms with Crippen LogP contribution in [0.2, 0.25) is 0 Å². The number of hydrogen-bond donors (Lipinski definition) is 0. The highest BCUT2D eigenvalue weighted by Gasteiger charge is 1.74. The molecule has 1 heterocycles. The molecule has 0 saturated heterocycles. The van der Waals surface area contributed by atoms with Gasteiger partial charge in [-0.2, -0.15) is 0 Å². The molecule has 0 amide bonds. The van der Waals surface area contributed by atoms with E-state index in [4.69, 9.17) is 0 Å². The molecule has 3 heteroatoms. The summed E-state index contributed by atoms with van der Waals surface area (Å²) in [6.07, 6.45) is 3.57. The molecule has 0 aliphatic heterocycles. The van der Waals surface area contributed by atoms with Crippen molar-refractivity contribution in [1.29, 1.82) is 0 Å². The maximum atomic E-state index is 4.36. The molecule has 0 aliphatic carbocycles. The van der Waals surface area contributed by atoms with E-state index < -0.39 is 0 Å². The van der Waals surface area contributed by atoms with E-state index in [1.165, 1.54) is 0 Å². The summed E-state index contributed by atoms with van der Waals surface area (Å²) in [6.45, 7) is 0. The van der Waals surface area contributed by atoms with Gasteiger partial charge in [0.05, 0.1) is 12.4 Å². The molecule has 0 aromatic carbocycles. The van der Waals surface area contributed by atoms with Crippen LogP contribution < -0.4 is 0 Å². The minimum Gasteiger partial charge on any atom is -0.237 e. The maximum Gasteiger partial charge on any atom is 0.0636 e. The smallest absolute Gasteiger partial charge is 0.0636 e. The van der Waals surface area contributed by atoms with E-state index in [2.05, 4.69) is 16.9 Å². The first-order valence-corrected chi connectivity index (χ1v) is 2.26. The van der Waals surface area contributed by atoms with Crippen molar-refractivity contribution in [3.8, 4) is 0 Å². The topological polar surface area (TPSA) is 17.3 Å². The average molecular weight is 112 g/mol. The lowest BCUT2D eigenvalue weighted by Gasteiger charge is -1.79. The zero-order valence-corrected chi connectivity index (χ0v) is 4.43. The van der Waals surface area contributed by atoms with Crippen molar-refractivity contribution in [3.05, 3.63) is 24.5 Å². The lowest BCUT2D eigenvalue weighted by atomic mass is 10.7. The second-order valence-electron chi connectivity index (χ2n) is 1.14. The predicted octanol–water partition coefficient (Wildman–Crippen LogP) is 0.982. The van der Waals surface area contributed by atoms with Crippen LogP contribution in [0, 0.1) is 0 Å².